The fraction of sp³-hybridized carbons (Fsp3) is 0.250. The first kappa shape index (κ1) is 14.9. The molecule has 0 aliphatic carbocycles. The van der Waals surface area contributed by atoms with Crippen molar-refractivity contribution in [1.29, 1.82) is 0 Å². The average molecular weight is 296 g/mol. The lowest BCUT2D eigenvalue weighted by Gasteiger charge is -2.18. The fourth-order valence-electron chi connectivity index (χ4n) is 2.20. The minimum atomic E-state index is -0.398. The lowest BCUT2D eigenvalue weighted by molar-refractivity contribution is 0.520. The van der Waals surface area contributed by atoms with E-state index in [2.05, 4.69) is 5.32 Å². The molecule has 0 aromatic heterocycles. The second-order valence-corrected chi connectivity index (χ2v) is 5.23. The van der Waals surface area contributed by atoms with Crippen molar-refractivity contribution in [3.63, 3.8) is 0 Å². The number of benzene rings is 2. The van der Waals surface area contributed by atoms with Crippen LogP contribution < -0.4 is 5.32 Å². The third-order valence-corrected chi connectivity index (χ3v) is 3.57. The molecule has 0 radical (unpaired) electrons. The van der Waals surface area contributed by atoms with Gasteiger partial charge in [0.05, 0.1) is 0 Å². The summed E-state index contributed by atoms with van der Waals surface area (Å²) in [5.41, 5.74) is 1.61. The summed E-state index contributed by atoms with van der Waals surface area (Å²) >= 11 is 5.94. The summed E-state index contributed by atoms with van der Waals surface area (Å²) in [7, 11) is 1.73. The summed E-state index contributed by atoms with van der Waals surface area (Å²) in [6.45, 7) is 1.55. The van der Waals surface area contributed by atoms with Crippen LogP contribution in [0.2, 0.25) is 5.02 Å². The van der Waals surface area contributed by atoms with E-state index >= 15 is 0 Å². The maximum Gasteiger partial charge on any atom is 0.128 e. The Hall–Kier alpha value is -1.45. The van der Waals surface area contributed by atoms with Crippen LogP contribution in [0.15, 0.2) is 36.4 Å². The van der Waals surface area contributed by atoms with E-state index in [1.807, 2.05) is 18.2 Å². The van der Waals surface area contributed by atoms with Crippen molar-refractivity contribution in [2.45, 2.75) is 19.4 Å². The van der Waals surface area contributed by atoms with Crippen LogP contribution in [-0.2, 0) is 6.42 Å². The van der Waals surface area contributed by atoms with Gasteiger partial charge in [-0.3, -0.25) is 0 Å². The molecule has 1 unspecified atom stereocenters. The van der Waals surface area contributed by atoms with Crippen molar-refractivity contribution in [3.8, 4) is 0 Å². The van der Waals surface area contributed by atoms with E-state index in [4.69, 9.17) is 11.6 Å². The van der Waals surface area contributed by atoms with Crippen molar-refractivity contribution >= 4 is 11.6 Å². The Morgan fingerprint density at radius 3 is 2.55 bits per heavy atom. The Morgan fingerprint density at radius 1 is 1.15 bits per heavy atom. The molecule has 4 heteroatoms. The largest absolute Gasteiger partial charge is 0.313 e. The van der Waals surface area contributed by atoms with Gasteiger partial charge in [0.2, 0.25) is 0 Å². The Bertz CT molecular complexity index is 613. The topological polar surface area (TPSA) is 12.0 Å². The molecule has 0 heterocycles. The van der Waals surface area contributed by atoms with Crippen LogP contribution in [0.25, 0.3) is 0 Å². The van der Waals surface area contributed by atoms with Crippen molar-refractivity contribution in [2.75, 3.05) is 7.05 Å². The highest BCUT2D eigenvalue weighted by Gasteiger charge is 2.17. The first-order chi connectivity index (χ1) is 9.51. The number of aryl methyl sites for hydroxylation is 1. The molecule has 2 aromatic carbocycles. The minimum absolute atomic E-state index is 0.302. The van der Waals surface area contributed by atoms with Crippen LogP contribution >= 0.6 is 11.6 Å². The summed E-state index contributed by atoms with van der Waals surface area (Å²) in [6.07, 6.45) is 0.538. The van der Waals surface area contributed by atoms with Gasteiger partial charge >= 0.3 is 0 Å². The fourth-order valence-corrected chi connectivity index (χ4v) is 2.41. The normalized spacial score (nSPS) is 12.4. The Kier molecular flexibility index (Phi) is 4.73. The minimum Gasteiger partial charge on any atom is -0.313 e. The molecule has 1 nitrogen and oxygen atoms in total. The quantitative estimate of drug-likeness (QED) is 0.880. The third kappa shape index (κ3) is 3.35. The number of halogens is 3. The molecule has 0 fully saturated rings. The summed E-state index contributed by atoms with van der Waals surface area (Å²) in [5, 5.41) is 3.66. The SMILES string of the molecule is CNC(Cc1cccc(Cl)c1)c1cc(F)c(C)cc1F. The van der Waals surface area contributed by atoms with E-state index in [-0.39, 0.29) is 6.04 Å². The molecule has 1 atom stereocenters. The molecule has 2 rings (SSSR count). The molecule has 20 heavy (non-hydrogen) atoms. The number of hydrogen-bond donors (Lipinski definition) is 1. The van der Waals surface area contributed by atoms with Crippen LogP contribution in [-0.4, -0.2) is 7.05 Å². The Morgan fingerprint density at radius 2 is 1.90 bits per heavy atom. The lowest BCUT2D eigenvalue weighted by Crippen LogP contribution is -2.20. The summed E-state index contributed by atoms with van der Waals surface area (Å²) in [6, 6.07) is 9.56. The first-order valence-corrected chi connectivity index (χ1v) is 6.76. The monoisotopic (exact) mass is 295 g/mol. The summed E-state index contributed by atoms with van der Waals surface area (Å²) < 4.78 is 27.7. The van der Waals surface area contributed by atoms with E-state index in [0.29, 0.717) is 22.6 Å². The van der Waals surface area contributed by atoms with E-state index in [1.165, 1.54) is 12.1 Å². The van der Waals surface area contributed by atoms with Gasteiger partial charge < -0.3 is 5.32 Å². The lowest BCUT2D eigenvalue weighted by atomic mass is 9.97. The highest BCUT2D eigenvalue weighted by atomic mass is 35.5. The van der Waals surface area contributed by atoms with Crippen LogP contribution in [0.5, 0.6) is 0 Å². The molecular formula is C16H16ClF2N. The van der Waals surface area contributed by atoms with Gasteiger partial charge in [0.25, 0.3) is 0 Å². The van der Waals surface area contributed by atoms with Crippen LogP contribution in [0.1, 0.15) is 22.7 Å². The van der Waals surface area contributed by atoms with Gasteiger partial charge in [-0.1, -0.05) is 23.7 Å². The molecule has 0 spiro atoms. The molecule has 0 saturated heterocycles. The molecule has 0 aliphatic rings. The molecule has 0 aliphatic heterocycles. The zero-order chi connectivity index (χ0) is 14.7. The van der Waals surface area contributed by atoms with Crippen LogP contribution in [0.4, 0.5) is 8.78 Å². The van der Waals surface area contributed by atoms with Crippen molar-refractivity contribution < 1.29 is 8.78 Å². The van der Waals surface area contributed by atoms with Crippen molar-refractivity contribution in [3.05, 3.63) is 69.7 Å². The van der Waals surface area contributed by atoms with Gasteiger partial charge in [-0.05, 0) is 55.8 Å². The number of nitrogens with one attached hydrogen (secondary N) is 1. The maximum atomic E-state index is 14.0. The zero-order valence-corrected chi connectivity index (χ0v) is 12.1. The van der Waals surface area contributed by atoms with Crippen LogP contribution in [0, 0.1) is 18.6 Å². The van der Waals surface area contributed by atoms with Gasteiger partial charge in [-0.25, -0.2) is 8.78 Å². The van der Waals surface area contributed by atoms with Gasteiger partial charge in [0.1, 0.15) is 11.6 Å². The van der Waals surface area contributed by atoms with Gasteiger partial charge in [-0.2, -0.15) is 0 Å². The number of likely N-dealkylation sites (N-methyl/N-ethyl adjacent to an activating group) is 1. The highest BCUT2D eigenvalue weighted by Crippen LogP contribution is 2.24. The number of hydrogen-bond acceptors (Lipinski definition) is 1. The average Bonchev–Trinajstić information content (AvgIpc) is 2.40. The molecule has 2 aromatic rings. The highest BCUT2D eigenvalue weighted by molar-refractivity contribution is 6.30. The number of rotatable bonds is 4. The molecular weight excluding hydrogens is 280 g/mol. The van der Waals surface area contributed by atoms with E-state index in [0.717, 1.165) is 5.56 Å². The van der Waals surface area contributed by atoms with E-state index < -0.39 is 11.6 Å². The van der Waals surface area contributed by atoms with E-state index in [9.17, 15) is 8.78 Å². The summed E-state index contributed by atoms with van der Waals surface area (Å²) in [4.78, 5) is 0. The molecule has 106 valence electrons. The third-order valence-electron chi connectivity index (χ3n) is 3.33. The van der Waals surface area contributed by atoms with Gasteiger partial charge in [0, 0.05) is 16.6 Å². The molecule has 1 N–H and O–H groups in total. The molecule has 0 amide bonds. The van der Waals surface area contributed by atoms with Crippen molar-refractivity contribution in [1.82, 2.24) is 5.32 Å². The Labute approximate surface area is 122 Å². The van der Waals surface area contributed by atoms with Gasteiger partial charge in [-0.15, -0.1) is 0 Å². The van der Waals surface area contributed by atoms with Gasteiger partial charge in [0.15, 0.2) is 0 Å². The smallest absolute Gasteiger partial charge is 0.128 e. The standard InChI is InChI=1S/C16H16ClF2N/c1-10-6-15(19)13(9-14(10)18)16(20-2)8-11-4-3-5-12(17)7-11/h3-7,9,16,20H,8H2,1-2H3. The second kappa shape index (κ2) is 6.33. The summed E-state index contributed by atoms with van der Waals surface area (Å²) in [5.74, 6) is -0.793. The predicted octanol–water partition coefficient (Wildman–Crippen LogP) is 4.43. The molecule has 0 bridgehead atoms. The Balaban J connectivity index is 2.31. The zero-order valence-electron chi connectivity index (χ0n) is 11.4. The molecule has 0 saturated carbocycles. The van der Waals surface area contributed by atoms with Crippen molar-refractivity contribution in [2.24, 2.45) is 0 Å². The van der Waals surface area contributed by atoms with Crippen LogP contribution in [0.3, 0.4) is 0 Å². The van der Waals surface area contributed by atoms with E-state index in [1.54, 1.807) is 20.0 Å². The first-order valence-electron chi connectivity index (χ1n) is 6.38. The predicted molar refractivity (Wildman–Crippen MR) is 78.1 cm³/mol. The maximum absolute atomic E-state index is 14.0. The second-order valence-electron chi connectivity index (χ2n) is 4.80.